The van der Waals surface area contributed by atoms with E-state index in [4.69, 9.17) is 11.6 Å². The van der Waals surface area contributed by atoms with Crippen molar-refractivity contribution >= 4 is 40.5 Å². The largest absolute Gasteiger partial charge is 0.390 e. The molecule has 2 amide bonds. The number of hydrogen-bond donors (Lipinski definition) is 2. The molecule has 2 aromatic carbocycles. The SMILES string of the molecule is CCCCNC=C1C(=O)Nc2ccc(Cl)cc2N(c2ccccc2)C1=O. The van der Waals surface area contributed by atoms with Gasteiger partial charge in [0.2, 0.25) is 0 Å². The monoisotopic (exact) mass is 369 g/mol. The molecule has 1 aliphatic rings. The number of anilines is 3. The molecule has 1 heterocycles. The van der Waals surface area contributed by atoms with Gasteiger partial charge in [0, 0.05) is 23.5 Å². The Labute approximate surface area is 157 Å². The second-order valence-electron chi connectivity index (χ2n) is 5.96. The molecular weight excluding hydrogens is 350 g/mol. The first-order valence-electron chi connectivity index (χ1n) is 8.55. The summed E-state index contributed by atoms with van der Waals surface area (Å²) in [5, 5.41) is 6.35. The first-order chi connectivity index (χ1) is 12.6. The Morgan fingerprint density at radius 3 is 2.65 bits per heavy atom. The lowest BCUT2D eigenvalue weighted by molar-refractivity contribution is -0.119. The van der Waals surface area contributed by atoms with Crippen LogP contribution in [0, 0.1) is 0 Å². The Morgan fingerprint density at radius 1 is 1.15 bits per heavy atom. The Kier molecular flexibility index (Phi) is 5.58. The molecule has 0 saturated heterocycles. The molecule has 134 valence electrons. The molecule has 0 aliphatic carbocycles. The van der Waals surface area contributed by atoms with Gasteiger partial charge in [-0.25, -0.2) is 0 Å². The molecule has 0 spiro atoms. The van der Waals surface area contributed by atoms with Crippen LogP contribution in [0.15, 0.2) is 60.3 Å². The van der Waals surface area contributed by atoms with Gasteiger partial charge < -0.3 is 10.6 Å². The van der Waals surface area contributed by atoms with E-state index >= 15 is 0 Å². The maximum Gasteiger partial charge on any atom is 0.269 e. The summed E-state index contributed by atoms with van der Waals surface area (Å²) >= 11 is 6.14. The van der Waals surface area contributed by atoms with Gasteiger partial charge in [0.05, 0.1) is 11.4 Å². The number of rotatable bonds is 5. The van der Waals surface area contributed by atoms with Crippen LogP contribution in [0.25, 0.3) is 0 Å². The number of nitrogens with one attached hydrogen (secondary N) is 2. The lowest BCUT2D eigenvalue weighted by atomic mass is 10.2. The second kappa shape index (κ2) is 8.06. The summed E-state index contributed by atoms with van der Waals surface area (Å²) in [7, 11) is 0. The number of para-hydroxylation sites is 1. The van der Waals surface area contributed by atoms with Crippen LogP contribution in [0.5, 0.6) is 0 Å². The van der Waals surface area contributed by atoms with Crippen molar-refractivity contribution < 1.29 is 9.59 Å². The minimum Gasteiger partial charge on any atom is -0.390 e. The first kappa shape index (κ1) is 18.0. The third kappa shape index (κ3) is 3.73. The van der Waals surface area contributed by atoms with Gasteiger partial charge in [-0.1, -0.05) is 43.1 Å². The van der Waals surface area contributed by atoms with Crippen LogP contribution in [-0.2, 0) is 9.59 Å². The number of nitrogens with zero attached hydrogens (tertiary/aromatic N) is 1. The maximum atomic E-state index is 13.2. The van der Waals surface area contributed by atoms with Crippen LogP contribution < -0.4 is 15.5 Å². The number of unbranched alkanes of at least 4 members (excludes halogenated alkanes) is 1. The third-order valence-corrected chi connectivity index (χ3v) is 4.30. The highest BCUT2D eigenvalue weighted by molar-refractivity contribution is 6.34. The van der Waals surface area contributed by atoms with Crippen molar-refractivity contribution in [1.29, 1.82) is 0 Å². The fourth-order valence-corrected chi connectivity index (χ4v) is 2.89. The zero-order valence-electron chi connectivity index (χ0n) is 14.5. The predicted octanol–water partition coefficient (Wildman–Crippen LogP) is 4.23. The van der Waals surface area contributed by atoms with Crippen LogP contribution in [-0.4, -0.2) is 18.4 Å². The van der Waals surface area contributed by atoms with Crippen LogP contribution >= 0.6 is 11.6 Å². The van der Waals surface area contributed by atoms with Crippen LogP contribution in [0.4, 0.5) is 17.1 Å². The highest BCUT2D eigenvalue weighted by atomic mass is 35.5. The molecule has 0 saturated carbocycles. The fourth-order valence-electron chi connectivity index (χ4n) is 2.73. The van der Waals surface area contributed by atoms with E-state index in [0.717, 1.165) is 12.8 Å². The van der Waals surface area contributed by atoms with Gasteiger partial charge in [-0.05, 0) is 36.8 Å². The van der Waals surface area contributed by atoms with Crippen molar-refractivity contribution in [2.45, 2.75) is 19.8 Å². The molecule has 0 aromatic heterocycles. The second-order valence-corrected chi connectivity index (χ2v) is 6.39. The van der Waals surface area contributed by atoms with Crippen molar-refractivity contribution in [3.63, 3.8) is 0 Å². The van der Waals surface area contributed by atoms with Crippen LogP contribution in [0.2, 0.25) is 5.02 Å². The third-order valence-electron chi connectivity index (χ3n) is 4.06. The molecule has 2 aromatic rings. The number of halogens is 1. The average Bonchev–Trinajstić information content (AvgIpc) is 2.74. The molecule has 2 N–H and O–H groups in total. The molecule has 0 radical (unpaired) electrons. The van der Waals surface area contributed by atoms with Crippen LogP contribution in [0.1, 0.15) is 19.8 Å². The van der Waals surface area contributed by atoms with E-state index < -0.39 is 11.8 Å². The van der Waals surface area contributed by atoms with Crippen LogP contribution in [0.3, 0.4) is 0 Å². The molecular formula is C20H20ClN3O2. The fraction of sp³-hybridized carbons (Fsp3) is 0.200. The van der Waals surface area contributed by atoms with Gasteiger partial charge in [-0.2, -0.15) is 0 Å². The minimum atomic E-state index is -0.444. The molecule has 6 heteroatoms. The summed E-state index contributed by atoms with van der Waals surface area (Å²) in [6.07, 6.45) is 3.48. The topological polar surface area (TPSA) is 61.4 Å². The lowest BCUT2D eigenvalue weighted by Gasteiger charge is -2.23. The predicted molar refractivity (Wildman–Crippen MR) is 105 cm³/mol. The van der Waals surface area contributed by atoms with Crippen molar-refractivity contribution in [3.05, 3.63) is 65.3 Å². The minimum absolute atomic E-state index is 0.0530. The van der Waals surface area contributed by atoms with Crippen molar-refractivity contribution in [2.75, 3.05) is 16.8 Å². The molecule has 0 unspecified atom stereocenters. The average molecular weight is 370 g/mol. The lowest BCUT2D eigenvalue weighted by Crippen LogP contribution is -2.30. The normalized spacial score (nSPS) is 15.5. The van der Waals surface area contributed by atoms with Crippen molar-refractivity contribution in [1.82, 2.24) is 5.32 Å². The zero-order chi connectivity index (χ0) is 18.5. The zero-order valence-corrected chi connectivity index (χ0v) is 15.2. The van der Waals surface area contributed by atoms with Gasteiger partial charge in [0.15, 0.2) is 0 Å². The number of carbonyl (C=O) groups is 2. The Balaban J connectivity index is 2.07. The number of benzene rings is 2. The molecule has 1 aliphatic heterocycles. The molecule has 0 atom stereocenters. The van der Waals surface area contributed by atoms with Gasteiger partial charge in [0.1, 0.15) is 5.57 Å². The summed E-state index contributed by atoms with van der Waals surface area (Å²) in [4.78, 5) is 27.3. The number of amides is 2. The number of hydrogen-bond acceptors (Lipinski definition) is 3. The molecule has 5 nitrogen and oxygen atoms in total. The molecule has 0 bridgehead atoms. The highest BCUT2D eigenvalue weighted by Crippen LogP contribution is 2.37. The van der Waals surface area contributed by atoms with Crippen molar-refractivity contribution in [2.24, 2.45) is 0 Å². The Bertz CT molecular complexity index is 849. The smallest absolute Gasteiger partial charge is 0.269 e. The summed E-state index contributed by atoms with van der Waals surface area (Å²) in [6.45, 7) is 2.78. The Morgan fingerprint density at radius 2 is 1.92 bits per heavy atom. The number of fused-ring (bicyclic) bond motifs is 1. The molecule has 3 rings (SSSR count). The molecule has 0 fully saturated rings. The summed E-state index contributed by atoms with van der Waals surface area (Å²) in [6, 6.07) is 14.3. The first-order valence-corrected chi connectivity index (χ1v) is 8.93. The van der Waals surface area contributed by atoms with E-state index in [0.29, 0.717) is 28.6 Å². The standard InChI is InChI=1S/C20H20ClN3O2/c1-2-3-11-22-13-16-19(25)23-17-10-9-14(21)12-18(17)24(20(16)26)15-7-5-4-6-8-15/h4-10,12-13,22H,2-3,11H2,1H3,(H,23,25). The van der Waals surface area contributed by atoms with E-state index in [1.807, 2.05) is 30.3 Å². The van der Waals surface area contributed by atoms with Gasteiger partial charge in [-0.3, -0.25) is 14.5 Å². The van der Waals surface area contributed by atoms with E-state index in [2.05, 4.69) is 17.6 Å². The van der Waals surface area contributed by atoms with Gasteiger partial charge >= 0.3 is 0 Å². The molecule has 26 heavy (non-hydrogen) atoms. The van der Waals surface area contributed by atoms with Gasteiger partial charge in [-0.15, -0.1) is 0 Å². The van der Waals surface area contributed by atoms with E-state index in [-0.39, 0.29) is 5.57 Å². The van der Waals surface area contributed by atoms with E-state index in [9.17, 15) is 9.59 Å². The van der Waals surface area contributed by atoms with E-state index in [1.54, 1.807) is 18.2 Å². The van der Waals surface area contributed by atoms with Crippen molar-refractivity contribution in [3.8, 4) is 0 Å². The Hall–Kier alpha value is -2.79. The summed E-state index contributed by atoms with van der Waals surface area (Å²) in [5.41, 5.74) is 1.79. The quantitative estimate of drug-likeness (QED) is 0.471. The summed E-state index contributed by atoms with van der Waals surface area (Å²) in [5.74, 6) is -0.847. The highest BCUT2D eigenvalue weighted by Gasteiger charge is 2.32. The van der Waals surface area contributed by atoms with Gasteiger partial charge in [0.25, 0.3) is 11.8 Å². The van der Waals surface area contributed by atoms with E-state index in [1.165, 1.54) is 11.1 Å². The number of carbonyl (C=O) groups excluding carboxylic acids is 2. The summed E-state index contributed by atoms with van der Waals surface area (Å²) < 4.78 is 0. The maximum absolute atomic E-state index is 13.2.